The lowest BCUT2D eigenvalue weighted by Gasteiger charge is -2.36. The molecule has 2 amide bonds. The maximum Gasteiger partial charge on any atom is 0.257 e. The van der Waals surface area contributed by atoms with E-state index in [9.17, 15) is 9.59 Å². The Morgan fingerprint density at radius 3 is 2.71 bits per heavy atom. The number of nitrogens with zero attached hydrogens (tertiary/aromatic N) is 3. The van der Waals surface area contributed by atoms with Crippen LogP contribution in [0, 0.1) is 5.92 Å². The van der Waals surface area contributed by atoms with Crippen molar-refractivity contribution in [1.29, 1.82) is 0 Å². The van der Waals surface area contributed by atoms with Gasteiger partial charge < -0.3 is 24.4 Å². The van der Waals surface area contributed by atoms with E-state index < -0.39 is 6.04 Å². The van der Waals surface area contributed by atoms with Crippen molar-refractivity contribution < 1.29 is 23.8 Å². The van der Waals surface area contributed by atoms with Crippen LogP contribution in [-0.4, -0.2) is 85.7 Å². The number of aromatic nitrogens is 1. The average Bonchev–Trinajstić information content (AvgIpc) is 2.94. The van der Waals surface area contributed by atoms with Crippen molar-refractivity contribution in [2.24, 2.45) is 5.92 Å². The van der Waals surface area contributed by atoms with Gasteiger partial charge in [-0.1, -0.05) is 25.5 Å². The first-order valence-electron chi connectivity index (χ1n) is 13.7. The Labute approximate surface area is 225 Å². The number of hydrogen-bond donors (Lipinski definition) is 1. The van der Waals surface area contributed by atoms with E-state index in [4.69, 9.17) is 14.2 Å². The number of piperidine rings is 1. The molecule has 2 bridgehead atoms. The minimum Gasteiger partial charge on any atom is -0.497 e. The fourth-order valence-corrected chi connectivity index (χ4v) is 5.14. The van der Waals surface area contributed by atoms with Crippen molar-refractivity contribution in [2.75, 3.05) is 53.1 Å². The van der Waals surface area contributed by atoms with Gasteiger partial charge in [-0.3, -0.25) is 14.5 Å². The number of methoxy groups -OCH3 is 1. The SMILES string of the molecule is CCC[C@H]1NC(=O)c2cccnc2OCCOCCN(Cc2cccc(OC)c2)CC2CCN(CC2)C1=O. The van der Waals surface area contributed by atoms with Gasteiger partial charge >= 0.3 is 0 Å². The molecule has 9 heteroatoms. The van der Waals surface area contributed by atoms with Gasteiger partial charge in [0.15, 0.2) is 0 Å². The first-order chi connectivity index (χ1) is 18.6. The quantitative estimate of drug-likeness (QED) is 0.601. The van der Waals surface area contributed by atoms with Crippen LogP contribution in [-0.2, 0) is 16.1 Å². The summed E-state index contributed by atoms with van der Waals surface area (Å²) in [4.78, 5) is 35.1. The second-order valence-corrected chi connectivity index (χ2v) is 9.99. The number of pyridine rings is 1. The standard InChI is InChI=1S/C29H40N4O5/c1-3-6-26-29(35)33-13-10-22(11-14-33)20-32(21-23-7-4-8-24(19-23)36-2)15-16-37-17-18-38-28-25(27(34)31-26)9-5-12-30-28/h4-5,7-9,12,19,22,26H,3,6,10-11,13-18,20-21H2,1-2H3,(H,31,34)/t26-/m1/s1. The third kappa shape index (κ3) is 7.68. The molecule has 1 saturated heterocycles. The molecule has 1 aromatic heterocycles. The highest BCUT2D eigenvalue weighted by Gasteiger charge is 2.30. The molecule has 1 atom stereocenters. The van der Waals surface area contributed by atoms with Gasteiger partial charge in [0.05, 0.1) is 20.3 Å². The van der Waals surface area contributed by atoms with Gasteiger partial charge in [0, 0.05) is 38.9 Å². The highest BCUT2D eigenvalue weighted by Crippen LogP contribution is 2.22. The van der Waals surface area contributed by atoms with Crippen LogP contribution in [0.5, 0.6) is 11.6 Å². The van der Waals surface area contributed by atoms with Crippen LogP contribution in [0.1, 0.15) is 48.5 Å². The smallest absolute Gasteiger partial charge is 0.257 e. The van der Waals surface area contributed by atoms with E-state index >= 15 is 0 Å². The molecule has 1 fully saturated rings. The number of ether oxygens (including phenoxy) is 3. The van der Waals surface area contributed by atoms with Crippen LogP contribution >= 0.6 is 0 Å². The lowest BCUT2D eigenvalue weighted by molar-refractivity contribution is -0.135. The molecule has 1 aromatic carbocycles. The molecule has 4 heterocycles. The first kappa shape index (κ1) is 27.9. The van der Waals surface area contributed by atoms with Crippen molar-refractivity contribution in [3.63, 3.8) is 0 Å². The van der Waals surface area contributed by atoms with Gasteiger partial charge in [-0.15, -0.1) is 0 Å². The number of rotatable bonds is 5. The van der Waals surface area contributed by atoms with Crippen LogP contribution in [0.4, 0.5) is 0 Å². The number of carbonyl (C=O) groups excluding carboxylic acids is 2. The molecule has 3 aliphatic rings. The molecule has 9 nitrogen and oxygen atoms in total. The second-order valence-electron chi connectivity index (χ2n) is 9.99. The van der Waals surface area contributed by atoms with E-state index in [1.165, 1.54) is 5.56 Å². The lowest BCUT2D eigenvalue weighted by atomic mass is 9.95. The third-order valence-corrected chi connectivity index (χ3v) is 7.20. The number of carbonyl (C=O) groups is 2. The van der Waals surface area contributed by atoms with Crippen LogP contribution in [0.25, 0.3) is 0 Å². The van der Waals surface area contributed by atoms with Crippen molar-refractivity contribution >= 4 is 11.8 Å². The van der Waals surface area contributed by atoms with E-state index in [-0.39, 0.29) is 24.3 Å². The average molecular weight is 525 g/mol. The van der Waals surface area contributed by atoms with Crippen LogP contribution < -0.4 is 14.8 Å². The Morgan fingerprint density at radius 2 is 1.92 bits per heavy atom. The highest BCUT2D eigenvalue weighted by molar-refractivity contribution is 5.99. The molecule has 0 unspecified atom stereocenters. The van der Waals surface area contributed by atoms with Crippen molar-refractivity contribution in [2.45, 2.75) is 45.2 Å². The van der Waals surface area contributed by atoms with Gasteiger partial charge in [-0.05, 0) is 55.0 Å². The Kier molecular flexibility index (Phi) is 10.3. The highest BCUT2D eigenvalue weighted by atomic mass is 16.5. The predicted octanol–water partition coefficient (Wildman–Crippen LogP) is 3.14. The molecular weight excluding hydrogens is 484 g/mol. The third-order valence-electron chi connectivity index (χ3n) is 7.20. The van der Waals surface area contributed by atoms with Crippen molar-refractivity contribution in [3.8, 4) is 11.6 Å². The van der Waals surface area contributed by atoms with Crippen molar-refractivity contribution in [3.05, 3.63) is 53.7 Å². The molecule has 206 valence electrons. The summed E-state index contributed by atoms with van der Waals surface area (Å²) in [6, 6.07) is 11.0. The van der Waals surface area contributed by atoms with Gasteiger partial charge in [0.2, 0.25) is 11.8 Å². The maximum atomic E-state index is 13.4. The van der Waals surface area contributed by atoms with Gasteiger partial charge in [0.25, 0.3) is 5.91 Å². The largest absolute Gasteiger partial charge is 0.497 e. The number of hydrogen-bond acceptors (Lipinski definition) is 7. The van der Waals surface area contributed by atoms with Gasteiger partial charge in [-0.2, -0.15) is 0 Å². The van der Waals surface area contributed by atoms with E-state index in [0.717, 1.165) is 44.6 Å². The Balaban J connectivity index is 1.50. The van der Waals surface area contributed by atoms with E-state index in [0.29, 0.717) is 44.2 Å². The molecule has 1 N–H and O–H groups in total. The maximum absolute atomic E-state index is 13.4. The zero-order valence-corrected chi connectivity index (χ0v) is 22.6. The van der Waals surface area contributed by atoms with Gasteiger partial charge in [-0.25, -0.2) is 4.98 Å². The Bertz CT molecular complexity index is 1060. The number of fused-ring (bicyclic) bond motifs is 12. The van der Waals surface area contributed by atoms with Crippen LogP contribution in [0.3, 0.4) is 0 Å². The molecule has 2 aromatic rings. The monoisotopic (exact) mass is 524 g/mol. The Morgan fingerprint density at radius 1 is 1.08 bits per heavy atom. The summed E-state index contributed by atoms with van der Waals surface area (Å²) < 4.78 is 17.1. The minimum atomic E-state index is -0.566. The Hall–Kier alpha value is -3.17. The molecule has 0 radical (unpaired) electrons. The van der Waals surface area contributed by atoms with E-state index in [1.54, 1.807) is 25.4 Å². The molecule has 38 heavy (non-hydrogen) atoms. The number of benzene rings is 1. The molecule has 3 aliphatic heterocycles. The first-order valence-corrected chi connectivity index (χ1v) is 13.7. The van der Waals surface area contributed by atoms with E-state index in [1.807, 2.05) is 24.0 Å². The molecule has 0 spiro atoms. The summed E-state index contributed by atoms with van der Waals surface area (Å²) in [6.45, 7) is 7.18. The van der Waals surface area contributed by atoms with Crippen LogP contribution in [0.2, 0.25) is 0 Å². The molecule has 5 rings (SSSR count). The zero-order chi connectivity index (χ0) is 26.7. The minimum absolute atomic E-state index is 0.00670. The fraction of sp³-hybridized carbons (Fsp3) is 0.552. The lowest BCUT2D eigenvalue weighted by Crippen LogP contribution is -2.51. The van der Waals surface area contributed by atoms with Crippen molar-refractivity contribution in [1.82, 2.24) is 20.1 Å². The van der Waals surface area contributed by atoms with Crippen LogP contribution in [0.15, 0.2) is 42.6 Å². The fourth-order valence-electron chi connectivity index (χ4n) is 5.14. The summed E-state index contributed by atoms with van der Waals surface area (Å²) in [5, 5.41) is 2.95. The number of nitrogens with one attached hydrogen (secondary N) is 1. The molecule has 0 aliphatic carbocycles. The van der Waals surface area contributed by atoms with Gasteiger partial charge in [0.1, 0.15) is 24.0 Å². The number of amides is 2. The molecule has 0 saturated carbocycles. The van der Waals surface area contributed by atoms with E-state index in [2.05, 4.69) is 27.3 Å². The molecular formula is C29H40N4O5. The topological polar surface area (TPSA) is 93.2 Å². The predicted molar refractivity (Wildman–Crippen MR) is 144 cm³/mol. The summed E-state index contributed by atoms with van der Waals surface area (Å²) >= 11 is 0. The summed E-state index contributed by atoms with van der Waals surface area (Å²) in [5.74, 6) is 1.24. The summed E-state index contributed by atoms with van der Waals surface area (Å²) in [6.07, 6.45) is 4.85. The zero-order valence-electron chi connectivity index (χ0n) is 22.6. The summed E-state index contributed by atoms with van der Waals surface area (Å²) in [7, 11) is 1.69. The normalized spacial score (nSPS) is 22.1. The summed E-state index contributed by atoms with van der Waals surface area (Å²) in [5.41, 5.74) is 1.52. The second kappa shape index (κ2) is 14.1.